The van der Waals surface area contributed by atoms with Gasteiger partial charge in [-0.05, 0) is 132 Å². The Morgan fingerprint density at radius 3 is 1.10 bits per heavy atom. The van der Waals surface area contributed by atoms with Crippen molar-refractivity contribution in [1.29, 1.82) is 0 Å². The fourth-order valence-electron chi connectivity index (χ4n) is 20.3. The van der Waals surface area contributed by atoms with Crippen molar-refractivity contribution in [2.24, 2.45) is 5.73 Å². The van der Waals surface area contributed by atoms with E-state index in [9.17, 15) is 47.9 Å². The summed E-state index contributed by atoms with van der Waals surface area (Å²) in [6.45, 7) is 13.5. The third-order valence-electron chi connectivity index (χ3n) is 26.8. The number of pyridine rings is 6. The maximum atomic E-state index is 13.4. The molecule has 0 unspecified atom stereocenters. The van der Waals surface area contributed by atoms with Gasteiger partial charge in [-0.25, -0.2) is 4.98 Å². The molecule has 9 aromatic carbocycles. The van der Waals surface area contributed by atoms with Gasteiger partial charge in [0.2, 0.25) is 0 Å². The number of methoxy groups -OCH3 is 2. The largest absolute Gasteiger partial charge is 0.497 e. The van der Waals surface area contributed by atoms with Crippen LogP contribution in [0.2, 0.25) is 0 Å². The molecule has 0 bridgehead atoms. The van der Waals surface area contributed by atoms with E-state index in [-0.39, 0.29) is 56.7 Å². The fraction of sp³-hybridized carbons (Fsp3) is 0.255. The SMILES string of the molecule is CN(C)CCCn1c2c(c3cccnc3c1=O)C(=O)c1ccccc1-2.CNc1ccc2c3c(n(CCCN)c(=O)c2c1)-c1ccccc1C3=O.COc1ccc2c(c1)C(=O)c1c-2n(CCCN2CCOCC2)c(=O)c2ccccc12.COc1ccc2c(c1)C(=O)c1c-2n(CCCn2ccnc2)c(=O)c2ccccc12.O=C1c2ccccc2-c2c1c1ccccc1c(=O)n2CCCN1CCOCC1. The van der Waals surface area contributed by atoms with E-state index < -0.39 is 0 Å². The highest BCUT2D eigenvalue weighted by atomic mass is 16.5. The second kappa shape index (κ2) is 39.4. The van der Waals surface area contributed by atoms with Gasteiger partial charge in [-0.2, -0.15) is 0 Å². The Morgan fingerprint density at radius 1 is 0.350 bits per heavy atom. The monoisotopic (exact) mass is 1830 g/mol. The normalized spacial score (nSPS) is 14.0. The van der Waals surface area contributed by atoms with Crippen LogP contribution in [0.4, 0.5) is 5.69 Å². The zero-order chi connectivity index (χ0) is 94.8. The zero-order valence-electron chi connectivity index (χ0n) is 77.0. The van der Waals surface area contributed by atoms with Crippen molar-refractivity contribution in [2.75, 3.05) is 119 Å². The second-order valence-corrected chi connectivity index (χ2v) is 35.1. The van der Waals surface area contributed by atoms with Crippen LogP contribution in [0.3, 0.4) is 0 Å². The molecule has 692 valence electrons. The number of hydrogen-bond acceptors (Lipinski definition) is 21. The average molecular weight is 1830 g/mol. The molecule has 27 nitrogen and oxygen atoms in total. The van der Waals surface area contributed by atoms with Crippen molar-refractivity contribution in [1.82, 2.24) is 52.1 Å². The molecule has 5 aliphatic carbocycles. The van der Waals surface area contributed by atoms with Crippen LogP contribution in [-0.2, 0) is 48.7 Å². The lowest BCUT2D eigenvalue weighted by atomic mass is 10.0. The van der Waals surface area contributed by atoms with Gasteiger partial charge in [-0.15, -0.1) is 0 Å². The van der Waals surface area contributed by atoms with Gasteiger partial charge in [0.25, 0.3) is 27.8 Å². The van der Waals surface area contributed by atoms with E-state index in [4.69, 9.17) is 24.7 Å². The molecule has 23 rings (SSSR count). The summed E-state index contributed by atoms with van der Waals surface area (Å²) in [5.74, 6) is 1.14. The van der Waals surface area contributed by atoms with Gasteiger partial charge in [0.05, 0.1) is 103 Å². The van der Waals surface area contributed by atoms with Gasteiger partial charge in [-0.1, -0.05) is 140 Å². The quantitative estimate of drug-likeness (QED) is 0.0637. The highest BCUT2D eigenvalue weighted by molar-refractivity contribution is 6.31. The molecule has 2 fully saturated rings. The van der Waals surface area contributed by atoms with Crippen molar-refractivity contribution in [3.63, 3.8) is 0 Å². The van der Waals surface area contributed by atoms with Crippen molar-refractivity contribution in [3.05, 3.63) is 345 Å². The molecule has 3 N–H and O–H groups in total. The molecule has 137 heavy (non-hydrogen) atoms. The fourth-order valence-corrected chi connectivity index (χ4v) is 20.3. The van der Waals surface area contributed by atoms with Crippen LogP contribution in [0.1, 0.15) is 112 Å². The van der Waals surface area contributed by atoms with E-state index >= 15 is 0 Å². The first-order valence-electron chi connectivity index (χ1n) is 46.6. The highest BCUT2D eigenvalue weighted by Crippen LogP contribution is 2.46. The molecule has 27 heteroatoms. The number of rotatable bonds is 22. The Balaban J connectivity index is 0.000000110. The molecule has 0 spiro atoms. The zero-order valence-corrected chi connectivity index (χ0v) is 77.0. The molecule has 7 aromatic heterocycles. The van der Waals surface area contributed by atoms with E-state index in [0.717, 1.165) is 172 Å². The van der Waals surface area contributed by atoms with E-state index in [2.05, 4.69) is 30.0 Å². The number of fused-ring (bicyclic) bond motifs is 25. The second-order valence-electron chi connectivity index (χ2n) is 35.1. The summed E-state index contributed by atoms with van der Waals surface area (Å²) < 4.78 is 32.3. The number of nitrogens with one attached hydrogen (secondary N) is 1. The minimum atomic E-state index is -0.127. The van der Waals surface area contributed by atoms with Gasteiger partial charge >= 0.3 is 0 Å². The van der Waals surface area contributed by atoms with Crippen molar-refractivity contribution in [3.8, 4) is 67.8 Å². The van der Waals surface area contributed by atoms with Crippen LogP contribution in [0, 0.1) is 0 Å². The van der Waals surface area contributed by atoms with Gasteiger partial charge in [0.1, 0.15) is 17.0 Å². The standard InChI is InChI=1S/C24H24N2O4.C23H19N3O3.C23H22N2O3.2C20H19N3O2/c1-29-16-7-8-18-20(15-16)23(27)21-17-5-2-3-6-19(17)24(28)26(22(18)21)10-4-9-25-11-13-30-14-12-25;1-29-15-7-8-17-19(13-15)22(27)20-16-5-2-3-6-18(16)23(28)26(21(17)20)11-4-10-25-12-9-24-14-25;26-22-18-8-3-2-7-17(18)21-20(22)16-6-1-4-9-19(16)23(27)25(21)11-5-10-24-12-14-28-15-13-24;1-22(2)11-6-12-23-18-13-7-3-4-8-14(13)19(24)16(18)15-9-5-10-21-17(15)20(23)25;1-22-12-7-8-13-16(11-12)20(25)23(10-4-9-21)18-14-5-2-3-6-15(14)19(24)17(13)18/h2-3,5-8,15H,4,9-14H2,1H3;2-3,5-9,12-14H,4,10-11H2,1H3;1-4,6-9H,5,10-15H2;3-5,7-10H,6,11-12H2,1-2H3;2-3,5-8,11,22H,4,9-10,21H2,1H3. The summed E-state index contributed by atoms with van der Waals surface area (Å²) in [7, 11) is 8.99. The first-order valence-corrected chi connectivity index (χ1v) is 46.6. The minimum absolute atomic E-state index is 0.0131. The Hall–Kier alpha value is -15.1. The molecule has 7 aliphatic rings. The Morgan fingerprint density at radius 2 is 0.701 bits per heavy atom. The predicted octanol–water partition coefficient (Wildman–Crippen LogP) is 14.6. The predicted molar refractivity (Wildman–Crippen MR) is 533 cm³/mol. The lowest BCUT2D eigenvalue weighted by Gasteiger charge is -2.26. The smallest absolute Gasteiger partial charge is 0.277 e. The van der Waals surface area contributed by atoms with Gasteiger partial charge in [0, 0.05) is 214 Å². The first-order chi connectivity index (χ1) is 66.9. The average Bonchev–Trinajstić information content (AvgIpc) is 1.57. The summed E-state index contributed by atoms with van der Waals surface area (Å²) in [6.07, 6.45) is 11.0. The number of carbonyl (C=O) groups is 5. The summed E-state index contributed by atoms with van der Waals surface area (Å²) in [5, 5.41) is 8.94. The number of ketones is 5. The third-order valence-corrected chi connectivity index (χ3v) is 26.8. The number of aryl methyl sites for hydroxylation is 1. The molecule has 0 radical (unpaired) electrons. The van der Waals surface area contributed by atoms with Crippen molar-refractivity contribution in [2.45, 2.75) is 71.4 Å². The number of carbonyl (C=O) groups excluding carboxylic acids is 5. The molecular weight excluding hydrogens is 1730 g/mol. The van der Waals surface area contributed by atoms with Crippen LogP contribution < -0.4 is 48.3 Å². The molecule has 0 saturated carbocycles. The van der Waals surface area contributed by atoms with Gasteiger partial charge in [0.15, 0.2) is 28.9 Å². The molecule has 2 saturated heterocycles. The first kappa shape index (κ1) is 91.0. The lowest BCUT2D eigenvalue weighted by Crippen LogP contribution is -2.37. The number of nitrogens with two attached hydrogens (primary N) is 1. The molecule has 0 atom stereocenters. The highest BCUT2D eigenvalue weighted by Gasteiger charge is 2.39. The summed E-state index contributed by atoms with van der Waals surface area (Å²) >= 11 is 0. The summed E-state index contributed by atoms with van der Waals surface area (Å²) in [4.78, 5) is 147. The number of hydrogen-bond donors (Lipinski definition) is 2. The van der Waals surface area contributed by atoms with E-state index in [0.29, 0.717) is 162 Å². The van der Waals surface area contributed by atoms with Gasteiger partial charge in [-0.3, -0.25) is 62.7 Å². The number of nitrogens with zero attached hydrogens (tertiary/aromatic N) is 11. The Bertz CT molecular complexity index is 7870. The van der Waals surface area contributed by atoms with Crippen LogP contribution in [0.25, 0.3) is 110 Å². The van der Waals surface area contributed by atoms with Crippen molar-refractivity contribution >= 4 is 88.6 Å². The maximum Gasteiger partial charge on any atom is 0.277 e. The van der Waals surface area contributed by atoms with E-state index in [1.54, 1.807) is 75.5 Å². The topological polar surface area (TPSA) is 311 Å². The van der Waals surface area contributed by atoms with Crippen LogP contribution in [0.15, 0.2) is 261 Å². The number of morpholine rings is 2. The van der Waals surface area contributed by atoms with Crippen LogP contribution >= 0.6 is 0 Å². The summed E-state index contributed by atoms with van der Waals surface area (Å²) in [5.41, 5.74) is 20.7. The van der Waals surface area contributed by atoms with E-state index in [1.807, 2.05) is 225 Å². The lowest BCUT2D eigenvalue weighted by molar-refractivity contribution is 0.0368. The molecule has 0 amide bonds. The van der Waals surface area contributed by atoms with Crippen LogP contribution in [0.5, 0.6) is 11.5 Å². The number of aromatic nitrogens is 8. The van der Waals surface area contributed by atoms with Gasteiger partial charge < -0.3 is 62.3 Å². The number of benzene rings is 9. The minimum Gasteiger partial charge on any atom is -0.497 e. The maximum absolute atomic E-state index is 13.4. The Kier molecular flexibility index (Phi) is 26.2. The Labute approximate surface area is 788 Å². The van der Waals surface area contributed by atoms with E-state index in [1.165, 1.54) is 0 Å². The summed E-state index contributed by atoms with van der Waals surface area (Å²) in [6, 6.07) is 65.0. The number of anilines is 1. The number of imidazole rings is 1. The van der Waals surface area contributed by atoms with Crippen molar-refractivity contribution < 1.29 is 42.9 Å². The molecule has 2 aliphatic heterocycles. The number of ether oxygens (including phenoxy) is 4. The third kappa shape index (κ3) is 16.9. The molecular formula is C110H103N13O14. The molecule has 9 heterocycles. The van der Waals surface area contributed by atoms with Crippen LogP contribution in [-0.4, -0.2) is 195 Å². The molecule has 16 aromatic rings.